The largest absolute Gasteiger partial charge is 0.0995 e. The smallest absolute Gasteiger partial charge is 0.00223 e. The number of hydrogen-bond acceptors (Lipinski definition) is 0. The molecule has 82 valence electrons. The second kappa shape index (κ2) is 3.66. The molecule has 0 aromatic rings. The monoisotopic (exact) mass is 202 g/mol. The third-order valence-corrected chi connectivity index (χ3v) is 4.23. The SMILES string of the molecule is C=C(C)[C@H]1C=C2C(C)=CCC[C@]2(C)CC1. The van der Waals surface area contributed by atoms with Crippen LogP contribution in [0.4, 0.5) is 0 Å². The van der Waals surface area contributed by atoms with Crippen molar-refractivity contribution >= 4 is 0 Å². The van der Waals surface area contributed by atoms with Crippen LogP contribution in [0.25, 0.3) is 0 Å². The Labute approximate surface area is 93.8 Å². The first-order valence-corrected chi connectivity index (χ1v) is 6.08. The minimum absolute atomic E-state index is 0.463. The van der Waals surface area contributed by atoms with E-state index < -0.39 is 0 Å². The summed E-state index contributed by atoms with van der Waals surface area (Å²) in [6, 6.07) is 0. The predicted octanol–water partition coefficient (Wildman–Crippen LogP) is 4.65. The molecule has 0 fully saturated rings. The summed E-state index contributed by atoms with van der Waals surface area (Å²) in [5.41, 5.74) is 4.90. The molecule has 0 aliphatic heterocycles. The molecule has 2 rings (SSSR count). The van der Waals surface area contributed by atoms with Crippen molar-refractivity contribution in [1.29, 1.82) is 0 Å². The third kappa shape index (κ3) is 1.82. The van der Waals surface area contributed by atoms with Gasteiger partial charge < -0.3 is 0 Å². The molecule has 0 radical (unpaired) electrons. The van der Waals surface area contributed by atoms with Gasteiger partial charge in [-0.15, -0.1) is 0 Å². The topological polar surface area (TPSA) is 0 Å². The maximum absolute atomic E-state index is 4.10. The maximum atomic E-state index is 4.10. The molecule has 2 atom stereocenters. The standard InChI is InChI=1S/C15H22/c1-11(2)13-7-9-15(4)8-5-6-12(3)14(15)10-13/h6,10,13H,1,5,7-9H2,2-4H3/t13-,15-/m1/s1. The van der Waals surface area contributed by atoms with Crippen molar-refractivity contribution in [1.82, 2.24) is 0 Å². The predicted molar refractivity (Wildman–Crippen MR) is 66.7 cm³/mol. The molecule has 0 amide bonds. The summed E-state index contributed by atoms with van der Waals surface area (Å²) in [4.78, 5) is 0. The van der Waals surface area contributed by atoms with Gasteiger partial charge in [0.25, 0.3) is 0 Å². The lowest BCUT2D eigenvalue weighted by atomic mass is 9.64. The van der Waals surface area contributed by atoms with Crippen molar-refractivity contribution in [2.24, 2.45) is 11.3 Å². The molecule has 2 aliphatic rings. The fourth-order valence-electron chi connectivity index (χ4n) is 3.07. The van der Waals surface area contributed by atoms with E-state index in [2.05, 4.69) is 39.5 Å². The quantitative estimate of drug-likeness (QED) is 0.543. The van der Waals surface area contributed by atoms with Gasteiger partial charge in [0, 0.05) is 0 Å². The van der Waals surface area contributed by atoms with Crippen molar-refractivity contribution in [2.45, 2.75) is 46.5 Å². The van der Waals surface area contributed by atoms with Crippen LogP contribution in [-0.4, -0.2) is 0 Å². The molecule has 0 heterocycles. The lowest BCUT2D eigenvalue weighted by Gasteiger charge is -2.41. The Bertz CT molecular complexity index is 343. The van der Waals surface area contributed by atoms with Gasteiger partial charge in [-0.3, -0.25) is 0 Å². The van der Waals surface area contributed by atoms with Crippen molar-refractivity contribution in [3.8, 4) is 0 Å². The van der Waals surface area contributed by atoms with Gasteiger partial charge in [0.15, 0.2) is 0 Å². The highest BCUT2D eigenvalue weighted by Gasteiger charge is 2.35. The summed E-state index contributed by atoms with van der Waals surface area (Å²) in [6.07, 6.45) is 10.1. The van der Waals surface area contributed by atoms with Gasteiger partial charge >= 0.3 is 0 Å². The maximum Gasteiger partial charge on any atom is -0.00223 e. The van der Waals surface area contributed by atoms with Crippen molar-refractivity contribution in [2.75, 3.05) is 0 Å². The van der Waals surface area contributed by atoms with Gasteiger partial charge in [0.1, 0.15) is 0 Å². The second-order valence-corrected chi connectivity index (χ2v) is 5.56. The summed E-state index contributed by atoms with van der Waals surface area (Å²) in [5.74, 6) is 0.620. The Kier molecular flexibility index (Phi) is 2.62. The van der Waals surface area contributed by atoms with Crippen LogP contribution < -0.4 is 0 Å². The molecule has 0 N–H and O–H groups in total. The number of allylic oxidation sites excluding steroid dienone is 5. The van der Waals surface area contributed by atoms with E-state index in [0.29, 0.717) is 11.3 Å². The fraction of sp³-hybridized carbons (Fsp3) is 0.600. The highest BCUT2D eigenvalue weighted by Crippen LogP contribution is 2.49. The van der Waals surface area contributed by atoms with Gasteiger partial charge in [-0.2, -0.15) is 0 Å². The molecule has 0 heteroatoms. The van der Waals surface area contributed by atoms with Crippen LogP contribution in [0, 0.1) is 11.3 Å². The van der Waals surface area contributed by atoms with E-state index in [0.717, 1.165) is 0 Å². The Morgan fingerprint density at radius 3 is 2.87 bits per heavy atom. The van der Waals surface area contributed by atoms with E-state index in [1.165, 1.54) is 36.8 Å². The van der Waals surface area contributed by atoms with Crippen LogP contribution in [0.15, 0.2) is 35.5 Å². The molecule has 0 saturated heterocycles. The van der Waals surface area contributed by atoms with Gasteiger partial charge in [-0.1, -0.05) is 36.8 Å². The molecule has 2 aliphatic carbocycles. The average Bonchev–Trinajstić information content (AvgIpc) is 2.17. The van der Waals surface area contributed by atoms with Crippen LogP contribution >= 0.6 is 0 Å². The van der Waals surface area contributed by atoms with E-state index in [-0.39, 0.29) is 0 Å². The summed E-state index contributed by atoms with van der Waals surface area (Å²) in [6.45, 7) is 11.0. The molecule has 0 bridgehead atoms. The zero-order valence-electron chi connectivity index (χ0n) is 10.3. The molecular weight excluding hydrogens is 180 g/mol. The summed E-state index contributed by atoms with van der Waals surface area (Å²) >= 11 is 0. The molecule has 0 saturated carbocycles. The highest BCUT2D eigenvalue weighted by atomic mass is 14.4. The molecule has 0 unspecified atom stereocenters. The van der Waals surface area contributed by atoms with Crippen LogP contribution in [0.1, 0.15) is 46.5 Å². The van der Waals surface area contributed by atoms with E-state index in [1.54, 1.807) is 5.57 Å². The zero-order chi connectivity index (χ0) is 11.1. The van der Waals surface area contributed by atoms with Crippen molar-refractivity contribution < 1.29 is 0 Å². The number of hydrogen-bond donors (Lipinski definition) is 0. The Morgan fingerprint density at radius 1 is 1.47 bits per heavy atom. The minimum atomic E-state index is 0.463. The van der Waals surface area contributed by atoms with Crippen LogP contribution in [0.2, 0.25) is 0 Å². The molecule has 15 heavy (non-hydrogen) atoms. The number of fused-ring (bicyclic) bond motifs is 1. The lowest BCUT2D eigenvalue weighted by molar-refractivity contribution is 0.292. The van der Waals surface area contributed by atoms with Gasteiger partial charge in [-0.25, -0.2) is 0 Å². The summed E-state index contributed by atoms with van der Waals surface area (Å²) < 4.78 is 0. The van der Waals surface area contributed by atoms with Crippen molar-refractivity contribution in [3.05, 3.63) is 35.5 Å². The van der Waals surface area contributed by atoms with Crippen LogP contribution in [0.3, 0.4) is 0 Å². The highest BCUT2D eigenvalue weighted by molar-refractivity contribution is 5.40. The zero-order valence-corrected chi connectivity index (χ0v) is 10.3. The second-order valence-electron chi connectivity index (χ2n) is 5.56. The van der Waals surface area contributed by atoms with E-state index in [4.69, 9.17) is 0 Å². The first-order valence-electron chi connectivity index (χ1n) is 6.08. The molecule has 0 spiro atoms. The van der Waals surface area contributed by atoms with E-state index in [9.17, 15) is 0 Å². The number of rotatable bonds is 1. The van der Waals surface area contributed by atoms with Crippen molar-refractivity contribution in [3.63, 3.8) is 0 Å². The Balaban J connectivity index is 2.38. The molecule has 0 nitrogen and oxygen atoms in total. The normalized spacial score (nSPS) is 35.3. The van der Waals surface area contributed by atoms with Gasteiger partial charge in [0.2, 0.25) is 0 Å². The van der Waals surface area contributed by atoms with Gasteiger partial charge in [-0.05, 0) is 56.4 Å². The van der Waals surface area contributed by atoms with Gasteiger partial charge in [0.05, 0.1) is 0 Å². The Morgan fingerprint density at radius 2 is 2.20 bits per heavy atom. The summed E-state index contributed by atoms with van der Waals surface area (Å²) in [7, 11) is 0. The third-order valence-electron chi connectivity index (χ3n) is 4.23. The van der Waals surface area contributed by atoms with Crippen LogP contribution in [0.5, 0.6) is 0 Å². The first-order chi connectivity index (χ1) is 7.03. The van der Waals surface area contributed by atoms with E-state index >= 15 is 0 Å². The molecule has 0 aromatic carbocycles. The fourth-order valence-corrected chi connectivity index (χ4v) is 3.07. The summed E-state index contributed by atoms with van der Waals surface area (Å²) in [5, 5.41) is 0. The minimum Gasteiger partial charge on any atom is -0.0995 e. The molecule has 0 aromatic heterocycles. The molecular formula is C15H22. The first kappa shape index (κ1) is 10.7. The Hall–Kier alpha value is -0.780. The van der Waals surface area contributed by atoms with Crippen LogP contribution in [-0.2, 0) is 0 Å². The average molecular weight is 202 g/mol. The lowest BCUT2D eigenvalue weighted by Crippen LogP contribution is -2.28. The van der Waals surface area contributed by atoms with E-state index in [1.807, 2.05) is 0 Å².